The fourth-order valence-electron chi connectivity index (χ4n) is 3.56. The molecule has 2 aliphatic rings. The minimum atomic E-state index is -0.301. The molecule has 2 aliphatic heterocycles. The largest absolute Gasteiger partial charge is 0.345 e. The van der Waals surface area contributed by atoms with E-state index in [9.17, 15) is 14.0 Å². The summed E-state index contributed by atoms with van der Waals surface area (Å²) in [5.74, 6) is 1.07. The van der Waals surface area contributed by atoms with E-state index in [2.05, 4.69) is 9.97 Å². The van der Waals surface area contributed by atoms with Crippen LogP contribution in [0, 0.1) is 5.82 Å². The van der Waals surface area contributed by atoms with E-state index >= 15 is 0 Å². The molecule has 2 amide bonds. The Morgan fingerprint density at radius 3 is 2.28 bits per heavy atom. The van der Waals surface area contributed by atoms with Gasteiger partial charge in [-0.25, -0.2) is 14.4 Å². The normalized spacial score (nSPS) is 17.9. The van der Waals surface area contributed by atoms with Gasteiger partial charge < -0.3 is 19.6 Å². The van der Waals surface area contributed by atoms with E-state index in [0.717, 1.165) is 5.56 Å². The number of rotatable bonds is 4. The summed E-state index contributed by atoms with van der Waals surface area (Å²) in [4.78, 5) is 40.5. The van der Waals surface area contributed by atoms with Gasteiger partial charge in [0, 0.05) is 45.8 Å². The number of halogens is 1. The van der Waals surface area contributed by atoms with Crippen molar-refractivity contribution in [1.82, 2.24) is 19.8 Å². The summed E-state index contributed by atoms with van der Waals surface area (Å²) in [5, 5.41) is 0. The van der Waals surface area contributed by atoms with E-state index in [1.807, 2.05) is 21.9 Å². The van der Waals surface area contributed by atoms with E-state index in [1.165, 1.54) is 18.5 Å². The molecule has 3 heterocycles. The second kappa shape index (κ2) is 8.02. The van der Waals surface area contributed by atoms with Crippen LogP contribution in [0.4, 0.5) is 16.0 Å². The van der Waals surface area contributed by atoms with E-state index in [0.29, 0.717) is 44.4 Å². The van der Waals surface area contributed by atoms with E-state index in [1.54, 1.807) is 22.9 Å². The van der Waals surface area contributed by atoms with Crippen LogP contribution in [-0.2, 0) is 16.1 Å². The zero-order valence-electron chi connectivity index (χ0n) is 16.3. The van der Waals surface area contributed by atoms with Crippen molar-refractivity contribution in [3.8, 4) is 0 Å². The minimum Gasteiger partial charge on any atom is -0.345 e. The zero-order valence-corrected chi connectivity index (χ0v) is 16.3. The van der Waals surface area contributed by atoms with Gasteiger partial charge >= 0.3 is 0 Å². The molecule has 29 heavy (non-hydrogen) atoms. The summed E-state index contributed by atoms with van der Waals surface area (Å²) in [7, 11) is 1.79. The Labute approximate surface area is 168 Å². The molecule has 1 aromatic carbocycles. The molecule has 0 unspecified atom stereocenters. The number of carbonyl (C=O) groups is 2. The number of amides is 2. The first-order valence-corrected chi connectivity index (χ1v) is 9.58. The van der Waals surface area contributed by atoms with Gasteiger partial charge in [-0.15, -0.1) is 0 Å². The highest BCUT2D eigenvalue weighted by Crippen LogP contribution is 2.21. The molecular weight excluding hydrogens is 375 g/mol. The van der Waals surface area contributed by atoms with Gasteiger partial charge in [0.2, 0.25) is 11.8 Å². The summed E-state index contributed by atoms with van der Waals surface area (Å²) in [6, 6.07) is 8.14. The maximum Gasteiger partial charge on any atom is 0.242 e. The van der Waals surface area contributed by atoms with Gasteiger partial charge in [0.1, 0.15) is 23.8 Å². The third-order valence-corrected chi connectivity index (χ3v) is 5.32. The standard InChI is InChI=1S/C20H23FN6O2/c1-24-5-6-25(12-19(24)28)17-10-18(23-14-22-17)26-7-8-27(20(29)13-26)11-15-3-2-4-16(21)9-15/h2-4,9-10,14H,5-8,11-13H2,1H3. The number of hydrogen-bond donors (Lipinski definition) is 0. The van der Waals surface area contributed by atoms with Crippen molar-refractivity contribution in [1.29, 1.82) is 0 Å². The third kappa shape index (κ3) is 4.28. The Hall–Kier alpha value is -3.23. The smallest absolute Gasteiger partial charge is 0.242 e. The molecule has 4 rings (SSSR count). The summed E-state index contributed by atoms with van der Waals surface area (Å²) in [6.07, 6.45) is 1.47. The van der Waals surface area contributed by atoms with Gasteiger partial charge in [-0.05, 0) is 17.7 Å². The first-order valence-electron chi connectivity index (χ1n) is 9.58. The van der Waals surface area contributed by atoms with Crippen LogP contribution in [0.5, 0.6) is 0 Å². The van der Waals surface area contributed by atoms with Crippen LogP contribution in [0.2, 0.25) is 0 Å². The Morgan fingerprint density at radius 1 is 0.931 bits per heavy atom. The number of nitrogens with zero attached hydrogens (tertiary/aromatic N) is 6. The molecule has 1 aromatic heterocycles. The van der Waals surface area contributed by atoms with Gasteiger partial charge in [-0.3, -0.25) is 9.59 Å². The van der Waals surface area contributed by atoms with Gasteiger partial charge in [0.25, 0.3) is 0 Å². The number of benzene rings is 1. The highest BCUT2D eigenvalue weighted by Gasteiger charge is 2.27. The molecule has 0 atom stereocenters. The van der Waals surface area contributed by atoms with Gasteiger partial charge in [0.05, 0.1) is 13.1 Å². The Morgan fingerprint density at radius 2 is 1.62 bits per heavy atom. The molecular formula is C20H23FN6O2. The lowest BCUT2D eigenvalue weighted by molar-refractivity contribution is -0.131. The molecule has 0 spiro atoms. The Bertz CT molecular complexity index is 923. The molecule has 9 heteroatoms. The first-order chi connectivity index (χ1) is 14.0. The van der Waals surface area contributed by atoms with Crippen LogP contribution < -0.4 is 9.80 Å². The molecule has 0 radical (unpaired) electrons. The van der Waals surface area contributed by atoms with E-state index in [4.69, 9.17) is 0 Å². The SMILES string of the molecule is CN1CCN(c2cc(N3CCN(Cc4cccc(F)c4)C(=O)C3)ncn2)CC1=O. The molecule has 2 saturated heterocycles. The van der Waals surface area contributed by atoms with Gasteiger partial charge in [0.15, 0.2) is 0 Å². The van der Waals surface area contributed by atoms with Crippen molar-refractivity contribution in [3.05, 3.63) is 48.0 Å². The molecule has 0 N–H and O–H groups in total. The number of hydrogen-bond acceptors (Lipinski definition) is 6. The van der Waals surface area contributed by atoms with Crippen LogP contribution in [-0.4, -0.2) is 77.9 Å². The number of likely N-dealkylation sites (N-methyl/N-ethyl adjacent to an activating group) is 1. The number of piperazine rings is 2. The van der Waals surface area contributed by atoms with Crippen molar-refractivity contribution in [2.75, 3.05) is 56.1 Å². The average Bonchev–Trinajstić information content (AvgIpc) is 2.72. The Kier molecular flexibility index (Phi) is 5.28. The molecule has 2 aromatic rings. The number of carbonyl (C=O) groups excluding carboxylic acids is 2. The molecule has 0 bridgehead atoms. The van der Waals surface area contributed by atoms with Crippen LogP contribution in [0.25, 0.3) is 0 Å². The fourth-order valence-corrected chi connectivity index (χ4v) is 3.56. The number of anilines is 2. The third-order valence-electron chi connectivity index (χ3n) is 5.32. The van der Waals surface area contributed by atoms with Gasteiger partial charge in [-0.2, -0.15) is 0 Å². The van der Waals surface area contributed by atoms with Crippen molar-refractivity contribution in [3.63, 3.8) is 0 Å². The highest BCUT2D eigenvalue weighted by atomic mass is 19.1. The average molecular weight is 398 g/mol. The molecule has 0 aliphatic carbocycles. The van der Waals surface area contributed by atoms with E-state index in [-0.39, 0.29) is 30.7 Å². The lowest BCUT2D eigenvalue weighted by Gasteiger charge is -2.36. The first kappa shape index (κ1) is 19.1. The second-order valence-corrected chi connectivity index (χ2v) is 7.34. The van der Waals surface area contributed by atoms with Crippen molar-refractivity contribution >= 4 is 23.5 Å². The second-order valence-electron chi connectivity index (χ2n) is 7.34. The zero-order chi connectivity index (χ0) is 20.4. The lowest BCUT2D eigenvalue weighted by atomic mass is 10.2. The van der Waals surface area contributed by atoms with Crippen LogP contribution in [0.1, 0.15) is 5.56 Å². The Balaban J connectivity index is 1.41. The van der Waals surface area contributed by atoms with E-state index < -0.39 is 0 Å². The predicted molar refractivity (Wildman–Crippen MR) is 106 cm³/mol. The maximum absolute atomic E-state index is 13.4. The maximum atomic E-state index is 13.4. The quantitative estimate of drug-likeness (QED) is 0.757. The van der Waals surface area contributed by atoms with Crippen molar-refractivity contribution in [2.45, 2.75) is 6.54 Å². The summed E-state index contributed by atoms with van der Waals surface area (Å²) < 4.78 is 13.4. The summed E-state index contributed by atoms with van der Waals surface area (Å²) >= 11 is 0. The number of aromatic nitrogens is 2. The highest BCUT2D eigenvalue weighted by molar-refractivity contribution is 5.83. The van der Waals surface area contributed by atoms with Crippen molar-refractivity contribution in [2.24, 2.45) is 0 Å². The summed E-state index contributed by atoms with van der Waals surface area (Å²) in [5.41, 5.74) is 0.774. The molecule has 0 saturated carbocycles. The van der Waals surface area contributed by atoms with Crippen LogP contribution >= 0.6 is 0 Å². The fraction of sp³-hybridized carbons (Fsp3) is 0.400. The monoisotopic (exact) mass is 398 g/mol. The topological polar surface area (TPSA) is 72.9 Å². The molecule has 8 nitrogen and oxygen atoms in total. The summed E-state index contributed by atoms with van der Waals surface area (Å²) in [6.45, 7) is 3.39. The molecule has 2 fully saturated rings. The van der Waals surface area contributed by atoms with Gasteiger partial charge in [-0.1, -0.05) is 12.1 Å². The van der Waals surface area contributed by atoms with Crippen molar-refractivity contribution < 1.29 is 14.0 Å². The predicted octanol–water partition coefficient (Wildman–Crippen LogP) is 0.743. The lowest BCUT2D eigenvalue weighted by Crippen LogP contribution is -2.50. The van der Waals surface area contributed by atoms with Crippen LogP contribution in [0.15, 0.2) is 36.7 Å². The molecule has 152 valence electrons. The minimum absolute atomic E-state index is 0.0320. The van der Waals surface area contributed by atoms with Crippen LogP contribution in [0.3, 0.4) is 0 Å².